The van der Waals surface area contributed by atoms with E-state index in [2.05, 4.69) is 36.0 Å². The minimum atomic E-state index is -3.90. The number of rotatable bonds is 14. The van der Waals surface area contributed by atoms with Crippen LogP contribution >= 0.6 is 0 Å². The molecule has 274 valence electrons. The molecule has 1 fully saturated rings. The number of carbonyl (C=O) groups excluding carboxylic acids is 3. The molecule has 1 unspecified atom stereocenters. The van der Waals surface area contributed by atoms with Crippen molar-refractivity contribution in [1.82, 2.24) is 36.0 Å². The maximum absolute atomic E-state index is 14.0. The van der Waals surface area contributed by atoms with Crippen LogP contribution < -0.4 is 36.0 Å². The molecule has 4 aromatic rings. The van der Waals surface area contributed by atoms with Crippen molar-refractivity contribution in [3.05, 3.63) is 119 Å². The lowest BCUT2D eigenvalue weighted by molar-refractivity contribution is -0.123. The number of hydrogen-bond donors (Lipinski definition) is 6. The number of benzene rings is 2. The molecular weight excluding hydrogens is 683 g/mol. The van der Waals surface area contributed by atoms with Gasteiger partial charge in [0.25, 0.3) is 11.8 Å². The average Bonchev–Trinajstić information content (AvgIpc) is 3.14. The number of nitrogens with zero attached hydrogens (tertiary/aromatic N) is 3. The Bertz CT molecular complexity index is 1950. The summed E-state index contributed by atoms with van der Waals surface area (Å²) in [4.78, 5) is 49.2. The second-order valence-electron chi connectivity index (χ2n) is 12.8. The van der Waals surface area contributed by atoms with Crippen molar-refractivity contribution >= 4 is 39.3 Å². The molecule has 14 nitrogen and oxygen atoms in total. The molecule has 4 atom stereocenters. The molecular formula is C37H45N9O5S. The number of nitrogens with one attached hydrogen (secondary N) is 5. The summed E-state index contributed by atoms with van der Waals surface area (Å²) in [5, 5.41) is 12.2. The quantitative estimate of drug-likeness (QED) is 0.106. The molecule has 3 amide bonds. The number of amides is 3. The van der Waals surface area contributed by atoms with Crippen LogP contribution in [0.1, 0.15) is 76.8 Å². The highest BCUT2D eigenvalue weighted by Gasteiger charge is 2.28. The number of pyridine rings is 2. The van der Waals surface area contributed by atoms with E-state index in [0.29, 0.717) is 24.2 Å². The molecule has 5 rings (SSSR count). The topological polar surface area (TPSA) is 201 Å². The Kier molecular flexibility index (Phi) is 12.5. The zero-order valence-corrected chi connectivity index (χ0v) is 30.2. The summed E-state index contributed by atoms with van der Waals surface area (Å²) in [5.74, 6) is -1.25. The fourth-order valence-electron chi connectivity index (χ4n) is 5.73. The van der Waals surface area contributed by atoms with Gasteiger partial charge in [0, 0.05) is 73.2 Å². The summed E-state index contributed by atoms with van der Waals surface area (Å²) in [7, 11) is -3.90. The third kappa shape index (κ3) is 10.1. The molecule has 0 bridgehead atoms. The van der Waals surface area contributed by atoms with Gasteiger partial charge in [0.2, 0.25) is 5.91 Å². The van der Waals surface area contributed by atoms with Crippen LogP contribution in [-0.2, 0) is 21.4 Å². The first-order valence-electron chi connectivity index (χ1n) is 17.1. The molecule has 1 aliphatic rings. The lowest BCUT2D eigenvalue weighted by Gasteiger charge is -2.29. The molecule has 0 spiro atoms. The van der Waals surface area contributed by atoms with Crippen molar-refractivity contribution in [2.75, 3.05) is 29.7 Å². The number of carbonyl (C=O) groups is 3. The zero-order chi connectivity index (χ0) is 37.3. The minimum absolute atomic E-state index is 0.0894. The molecule has 1 saturated heterocycles. The van der Waals surface area contributed by atoms with Gasteiger partial charge in [-0.05, 0) is 86.8 Å². The summed E-state index contributed by atoms with van der Waals surface area (Å²) in [6.07, 6.45) is 5.81. The van der Waals surface area contributed by atoms with Crippen LogP contribution in [0.4, 0.5) is 11.4 Å². The molecule has 0 aliphatic carbocycles. The standard InChI is InChI=1S/C37H45N9O5S/c1-24(27-10-12-31(38)13-11-27)43-35(47)26(3)41-23-33(21-32-9-4-5-15-40-32)45-37(49)30-18-29(36(48)44-25(2)28-8-6-14-39-22-28)19-34(20-30)46-17-7-16-42-52(46,50)51/h4-6,8-15,18-20,22,24-26,33,41-42H,7,16-17,21,23,38H2,1-3H3,(H,43,47)(H,44,48)(H,45,49)/t24-,25?,26+,33+/m1/s1. The second kappa shape index (κ2) is 17.2. The van der Waals surface area contributed by atoms with Crippen molar-refractivity contribution in [2.24, 2.45) is 0 Å². The normalized spacial score (nSPS) is 16.2. The van der Waals surface area contributed by atoms with E-state index in [9.17, 15) is 22.8 Å². The van der Waals surface area contributed by atoms with Crippen LogP contribution in [0.15, 0.2) is 91.4 Å². The Morgan fingerprint density at radius 3 is 2.23 bits per heavy atom. The number of nitrogens with two attached hydrogens (primary N) is 1. The summed E-state index contributed by atoms with van der Waals surface area (Å²) >= 11 is 0. The van der Waals surface area contributed by atoms with Gasteiger partial charge in [-0.1, -0.05) is 24.3 Å². The molecule has 15 heteroatoms. The average molecular weight is 728 g/mol. The largest absolute Gasteiger partial charge is 0.399 e. The summed E-state index contributed by atoms with van der Waals surface area (Å²) in [5.41, 5.74) is 9.21. The van der Waals surface area contributed by atoms with Gasteiger partial charge in [-0.3, -0.25) is 28.7 Å². The van der Waals surface area contributed by atoms with Gasteiger partial charge in [0.1, 0.15) is 0 Å². The van der Waals surface area contributed by atoms with Crippen molar-refractivity contribution in [3.63, 3.8) is 0 Å². The fraction of sp³-hybridized carbons (Fsp3) is 0.324. The highest BCUT2D eigenvalue weighted by molar-refractivity contribution is 7.90. The molecule has 0 radical (unpaired) electrons. The molecule has 0 saturated carbocycles. The lowest BCUT2D eigenvalue weighted by atomic mass is 10.0. The Hall–Kier alpha value is -5.38. The molecule has 2 aromatic heterocycles. The van der Waals surface area contributed by atoms with E-state index in [4.69, 9.17) is 5.73 Å². The first kappa shape index (κ1) is 37.9. The van der Waals surface area contributed by atoms with Gasteiger partial charge in [-0.25, -0.2) is 0 Å². The van der Waals surface area contributed by atoms with E-state index in [1.807, 2.05) is 37.3 Å². The van der Waals surface area contributed by atoms with Crippen molar-refractivity contribution in [2.45, 2.75) is 57.8 Å². The van der Waals surface area contributed by atoms with Crippen molar-refractivity contribution in [3.8, 4) is 0 Å². The zero-order valence-electron chi connectivity index (χ0n) is 29.4. The maximum Gasteiger partial charge on any atom is 0.301 e. The third-order valence-corrected chi connectivity index (χ3v) is 10.3. The Balaban J connectivity index is 1.36. The van der Waals surface area contributed by atoms with Crippen molar-refractivity contribution in [1.29, 1.82) is 0 Å². The molecule has 1 aliphatic heterocycles. The smallest absolute Gasteiger partial charge is 0.301 e. The molecule has 2 aromatic carbocycles. The van der Waals surface area contributed by atoms with E-state index >= 15 is 0 Å². The van der Waals surface area contributed by atoms with E-state index < -0.39 is 40.1 Å². The van der Waals surface area contributed by atoms with E-state index in [-0.39, 0.29) is 48.4 Å². The molecule has 3 heterocycles. The van der Waals surface area contributed by atoms with E-state index in [1.165, 1.54) is 18.2 Å². The van der Waals surface area contributed by atoms with Gasteiger partial charge in [0.15, 0.2) is 0 Å². The van der Waals surface area contributed by atoms with Crippen LogP contribution in [0, 0.1) is 0 Å². The second-order valence-corrected chi connectivity index (χ2v) is 14.5. The van der Waals surface area contributed by atoms with E-state index in [0.717, 1.165) is 15.4 Å². The predicted molar refractivity (Wildman–Crippen MR) is 200 cm³/mol. The highest BCUT2D eigenvalue weighted by Crippen LogP contribution is 2.25. The minimum Gasteiger partial charge on any atom is -0.399 e. The fourth-order valence-corrected chi connectivity index (χ4v) is 7.05. The lowest BCUT2D eigenvalue weighted by Crippen LogP contribution is -2.50. The monoisotopic (exact) mass is 727 g/mol. The Morgan fingerprint density at radius 1 is 0.865 bits per heavy atom. The Labute approximate surface area is 304 Å². The highest BCUT2D eigenvalue weighted by atomic mass is 32.2. The maximum atomic E-state index is 14.0. The number of nitrogen functional groups attached to an aromatic ring is 1. The predicted octanol–water partition coefficient (Wildman–Crippen LogP) is 2.79. The summed E-state index contributed by atoms with van der Waals surface area (Å²) in [6, 6.07) is 18.9. The van der Waals surface area contributed by atoms with Crippen LogP contribution in [-0.4, -0.2) is 67.8 Å². The van der Waals surface area contributed by atoms with Gasteiger partial charge in [-0.15, -0.1) is 0 Å². The van der Waals surface area contributed by atoms with Crippen molar-refractivity contribution < 1.29 is 22.8 Å². The van der Waals surface area contributed by atoms with Crippen LogP contribution in [0.25, 0.3) is 0 Å². The number of aromatic nitrogens is 2. The summed E-state index contributed by atoms with van der Waals surface area (Å²) in [6.45, 7) is 6.09. The van der Waals surface area contributed by atoms with Gasteiger partial charge >= 0.3 is 10.2 Å². The molecule has 52 heavy (non-hydrogen) atoms. The first-order chi connectivity index (χ1) is 24.9. The van der Waals surface area contributed by atoms with Crippen LogP contribution in [0.3, 0.4) is 0 Å². The van der Waals surface area contributed by atoms with Gasteiger partial charge in [0.05, 0.1) is 23.8 Å². The van der Waals surface area contributed by atoms with E-state index in [1.54, 1.807) is 56.7 Å². The SMILES string of the molecule is CC(NC(=O)c1cc(C(=O)N[C@H](CN[C@@H](C)C(=O)N[C@H](C)c2ccc(N)cc2)Cc2ccccn2)cc(N2CCCNS2(=O)=O)c1)c1cccnc1. The van der Waals surface area contributed by atoms with Crippen LogP contribution in [0.2, 0.25) is 0 Å². The first-order valence-corrected chi connectivity index (χ1v) is 18.6. The number of anilines is 2. The molecule has 7 N–H and O–H groups in total. The van der Waals surface area contributed by atoms with Crippen LogP contribution in [0.5, 0.6) is 0 Å². The third-order valence-electron chi connectivity index (χ3n) is 8.75. The Morgan fingerprint density at radius 2 is 1.58 bits per heavy atom. The number of hydrogen-bond acceptors (Lipinski definition) is 9. The summed E-state index contributed by atoms with van der Waals surface area (Å²) < 4.78 is 29.7. The van der Waals surface area contributed by atoms with Gasteiger partial charge < -0.3 is 27.0 Å². The van der Waals surface area contributed by atoms with Gasteiger partial charge in [-0.2, -0.15) is 13.1 Å².